The number of hydrogen-bond acceptors (Lipinski definition) is 6. The first-order valence-corrected chi connectivity index (χ1v) is 11.0. The average molecular weight is 445 g/mol. The van der Waals surface area contributed by atoms with Crippen LogP contribution in [0.15, 0.2) is 63.0 Å². The van der Waals surface area contributed by atoms with Crippen LogP contribution in [0, 0.1) is 12.7 Å². The van der Waals surface area contributed by atoms with Crippen LogP contribution in [-0.4, -0.2) is 54.9 Å². The molecule has 2 heterocycles. The van der Waals surface area contributed by atoms with Gasteiger partial charge < -0.3 is 14.5 Å². The molecule has 0 aliphatic carbocycles. The minimum Gasteiger partial charge on any atom is -0.451 e. The van der Waals surface area contributed by atoms with E-state index in [0.29, 0.717) is 11.0 Å². The van der Waals surface area contributed by atoms with Crippen molar-refractivity contribution < 1.29 is 27.2 Å². The first-order chi connectivity index (χ1) is 14.8. The number of piperazine rings is 1. The normalized spacial score (nSPS) is 16.1. The lowest BCUT2D eigenvalue weighted by atomic mass is 10.1. The van der Waals surface area contributed by atoms with Crippen LogP contribution in [0.1, 0.15) is 16.1 Å². The van der Waals surface area contributed by atoms with E-state index in [1.54, 1.807) is 12.1 Å². The Hall–Kier alpha value is -3.24. The number of carbonyl (C=O) groups is 1. The summed E-state index contributed by atoms with van der Waals surface area (Å²) in [4.78, 5) is 14.4. The summed E-state index contributed by atoms with van der Waals surface area (Å²) in [7, 11) is -3.78. The third kappa shape index (κ3) is 4.04. The second-order valence-electron chi connectivity index (χ2n) is 7.25. The van der Waals surface area contributed by atoms with Gasteiger partial charge in [-0.25, -0.2) is 12.8 Å². The minimum atomic E-state index is -3.78. The second kappa shape index (κ2) is 8.12. The van der Waals surface area contributed by atoms with Crippen molar-refractivity contribution in [1.82, 2.24) is 9.21 Å². The highest BCUT2D eigenvalue weighted by molar-refractivity contribution is 7.89. The first kappa shape index (κ1) is 21.0. The monoisotopic (exact) mass is 445 g/mol. The zero-order valence-corrected chi connectivity index (χ0v) is 17.5. The molecule has 0 atom stereocenters. The summed E-state index contributed by atoms with van der Waals surface area (Å²) >= 11 is 0. The molecule has 0 spiro atoms. The van der Waals surface area contributed by atoms with Crippen LogP contribution in [0.3, 0.4) is 0 Å². The van der Waals surface area contributed by atoms with Crippen molar-refractivity contribution in [2.45, 2.75) is 11.8 Å². The fraction of sp³-hybridized carbons (Fsp3) is 0.238. The Kier molecular flexibility index (Phi) is 5.50. The summed E-state index contributed by atoms with van der Waals surface area (Å²) in [5.74, 6) is -0.939. The number of aryl methyl sites for hydroxylation is 1. The van der Waals surface area contributed by atoms with Gasteiger partial charge in [0.05, 0.1) is 4.90 Å². The van der Waals surface area contributed by atoms with Crippen LogP contribution in [0.4, 0.5) is 4.39 Å². The average Bonchev–Trinajstić information content (AvgIpc) is 2.78. The van der Waals surface area contributed by atoms with E-state index in [0.717, 1.165) is 17.7 Å². The third-order valence-corrected chi connectivity index (χ3v) is 7.11. The van der Waals surface area contributed by atoms with Gasteiger partial charge in [0.1, 0.15) is 16.8 Å². The number of amides is 1. The van der Waals surface area contributed by atoms with Crippen molar-refractivity contribution in [3.05, 3.63) is 71.0 Å². The molecule has 1 fully saturated rings. The van der Waals surface area contributed by atoms with Gasteiger partial charge in [-0.1, -0.05) is 11.2 Å². The number of nitrogens with zero attached hydrogens (tertiary/aromatic N) is 3. The molecule has 1 aliphatic rings. The molecule has 1 saturated heterocycles. The van der Waals surface area contributed by atoms with Crippen LogP contribution in [0.2, 0.25) is 0 Å². The van der Waals surface area contributed by atoms with E-state index in [-0.39, 0.29) is 42.2 Å². The van der Waals surface area contributed by atoms with Crippen LogP contribution < -0.4 is 5.36 Å². The third-order valence-electron chi connectivity index (χ3n) is 5.20. The molecule has 162 valence electrons. The summed E-state index contributed by atoms with van der Waals surface area (Å²) in [5, 5.41) is 13.4. The van der Waals surface area contributed by atoms with Crippen molar-refractivity contribution in [1.29, 1.82) is 0 Å². The van der Waals surface area contributed by atoms with E-state index >= 15 is 0 Å². The van der Waals surface area contributed by atoms with Crippen LogP contribution in [0.25, 0.3) is 11.0 Å². The van der Waals surface area contributed by atoms with Crippen LogP contribution in [-0.2, 0) is 10.0 Å². The van der Waals surface area contributed by atoms with E-state index in [2.05, 4.69) is 5.16 Å². The molecule has 0 unspecified atom stereocenters. The number of sulfonamides is 1. The Balaban J connectivity index is 1.54. The highest BCUT2D eigenvalue weighted by Gasteiger charge is 2.31. The maximum Gasteiger partial charge on any atom is 0.289 e. The Bertz CT molecular complexity index is 1310. The second-order valence-corrected chi connectivity index (χ2v) is 9.18. The molecule has 2 aromatic carbocycles. The lowest BCUT2D eigenvalue weighted by Gasteiger charge is -2.33. The zero-order chi connectivity index (χ0) is 22.2. The molecule has 1 aromatic heterocycles. The molecule has 31 heavy (non-hydrogen) atoms. The number of fused-ring (bicyclic) bond motifs is 1. The Morgan fingerprint density at radius 1 is 1.06 bits per heavy atom. The van der Waals surface area contributed by atoms with Crippen molar-refractivity contribution in [3.63, 3.8) is 0 Å². The molecule has 3 aromatic rings. The molecule has 8 nitrogen and oxygen atoms in total. The lowest BCUT2D eigenvalue weighted by Crippen LogP contribution is -2.50. The maximum absolute atomic E-state index is 13.1. The summed E-state index contributed by atoms with van der Waals surface area (Å²) < 4.78 is 45.6. The van der Waals surface area contributed by atoms with Crippen molar-refractivity contribution in [2.24, 2.45) is 5.16 Å². The van der Waals surface area contributed by atoms with Crippen molar-refractivity contribution in [2.75, 3.05) is 26.2 Å². The molecule has 1 aliphatic heterocycles. The molecule has 1 N–H and O–H groups in total. The van der Waals surface area contributed by atoms with Crippen LogP contribution in [0.5, 0.6) is 0 Å². The topological polar surface area (TPSA) is 103 Å². The number of carbonyl (C=O) groups excluding carboxylic acids is 1. The molecule has 0 radical (unpaired) electrons. The maximum atomic E-state index is 13.1. The van der Waals surface area contributed by atoms with E-state index in [1.807, 2.05) is 13.0 Å². The van der Waals surface area contributed by atoms with Gasteiger partial charge in [0.15, 0.2) is 5.76 Å². The predicted molar refractivity (Wildman–Crippen MR) is 109 cm³/mol. The molecular weight excluding hydrogens is 425 g/mol. The SMILES string of the molecule is Cc1ccc2/c(=N\O)cc(C(=O)N3CCN(S(=O)(=O)c4ccc(F)cc4)CC3)oc2c1. The minimum absolute atomic E-state index is 0.000687. The standard InChI is InChI=1S/C21H20FN3O5S/c1-14-2-7-17-18(23-27)13-20(30-19(17)12-14)21(26)24-8-10-25(11-9-24)31(28,29)16-5-3-15(22)4-6-16/h2-7,12-13,27H,8-11H2,1H3/b23-18-. The largest absolute Gasteiger partial charge is 0.451 e. The van der Waals surface area contributed by atoms with Crippen LogP contribution >= 0.6 is 0 Å². The van der Waals surface area contributed by atoms with Gasteiger partial charge in [0, 0.05) is 37.6 Å². The summed E-state index contributed by atoms with van der Waals surface area (Å²) in [6, 6.07) is 11.3. The summed E-state index contributed by atoms with van der Waals surface area (Å²) in [6.07, 6.45) is 0. The van der Waals surface area contributed by atoms with E-state index in [4.69, 9.17) is 4.42 Å². The smallest absolute Gasteiger partial charge is 0.289 e. The molecule has 4 rings (SSSR count). The van der Waals surface area contributed by atoms with Gasteiger partial charge in [0.25, 0.3) is 5.91 Å². The van der Waals surface area contributed by atoms with Gasteiger partial charge in [-0.15, -0.1) is 0 Å². The first-order valence-electron chi connectivity index (χ1n) is 9.57. The summed E-state index contributed by atoms with van der Waals surface area (Å²) in [5.41, 5.74) is 1.33. The van der Waals surface area contributed by atoms with Gasteiger partial charge in [-0.3, -0.25) is 4.79 Å². The molecule has 0 saturated carbocycles. The molecule has 1 amide bonds. The fourth-order valence-electron chi connectivity index (χ4n) is 3.51. The number of rotatable bonds is 3. The lowest BCUT2D eigenvalue weighted by molar-refractivity contribution is 0.0666. The van der Waals surface area contributed by atoms with Crippen molar-refractivity contribution >= 4 is 26.9 Å². The van der Waals surface area contributed by atoms with E-state index < -0.39 is 21.7 Å². The van der Waals surface area contributed by atoms with Gasteiger partial charge >= 0.3 is 0 Å². The quantitative estimate of drug-likeness (QED) is 0.492. The molecular formula is C21H20FN3O5S. The van der Waals surface area contributed by atoms with Gasteiger partial charge in [0.2, 0.25) is 10.0 Å². The summed E-state index contributed by atoms with van der Waals surface area (Å²) in [6.45, 7) is 2.38. The molecule has 0 bridgehead atoms. The predicted octanol–water partition coefficient (Wildman–Crippen LogP) is 2.32. The molecule has 10 heteroatoms. The Morgan fingerprint density at radius 2 is 1.74 bits per heavy atom. The highest BCUT2D eigenvalue weighted by Crippen LogP contribution is 2.20. The van der Waals surface area contributed by atoms with Crippen molar-refractivity contribution in [3.8, 4) is 0 Å². The van der Waals surface area contributed by atoms with Gasteiger partial charge in [-0.2, -0.15) is 4.31 Å². The van der Waals surface area contributed by atoms with E-state index in [9.17, 15) is 22.8 Å². The number of hydrogen-bond donors (Lipinski definition) is 1. The zero-order valence-electron chi connectivity index (χ0n) is 16.7. The Labute approximate surface area is 177 Å². The fourth-order valence-corrected chi connectivity index (χ4v) is 4.93. The van der Waals surface area contributed by atoms with Gasteiger partial charge in [-0.05, 0) is 48.9 Å². The number of benzene rings is 2. The highest BCUT2D eigenvalue weighted by atomic mass is 32.2. The van der Waals surface area contributed by atoms with E-state index in [1.165, 1.54) is 27.4 Å². The Morgan fingerprint density at radius 3 is 2.39 bits per heavy atom. The number of halogens is 1.